The van der Waals surface area contributed by atoms with E-state index in [1.165, 1.54) is 0 Å². The molecular weight excluding hydrogens is 278 g/mol. The summed E-state index contributed by atoms with van der Waals surface area (Å²) in [7, 11) is 0. The number of hydrogen-bond donors (Lipinski definition) is 1. The molecule has 1 aromatic heterocycles. The SMILES string of the molecule is CCc1c(C(=O)C(=O)O)c2ccccc2n1-c1ccccc1. The molecule has 0 amide bonds. The van der Waals surface area contributed by atoms with Crippen LogP contribution in [0.25, 0.3) is 16.6 Å². The highest BCUT2D eigenvalue weighted by Crippen LogP contribution is 2.30. The average molecular weight is 293 g/mol. The number of carboxylic acids is 1. The zero-order chi connectivity index (χ0) is 15.7. The van der Waals surface area contributed by atoms with Gasteiger partial charge in [-0.3, -0.25) is 4.79 Å². The molecule has 22 heavy (non-hydrogen) atoms. The van der Waals surface area contributed by atoms with Gasteiger partial charge in [-0.05, 0) is 24.6 Å². The molecule has 4 heteroatoms. The summed E-state index contributed by atoms with van der Waals surface area (Å²) in [5.41, 5.74) is 2.77. The summed E-state index contributed by atoms with van der Waals surface area (Å²) in [4.78, 5) is 23.4. The minimum absolute atomic E-state index is 0.287. The first-order valence-corrected chi connectivity index (χ1v) is 7.10. The monoisotopic (exact) mass is 293 g/mol. The number of carbonyl (C=O) groups is 2. The normalized spacial score (nSPS) is 10.8. The van der Waals surface area contributed by atoms with E-state index >= 15 is 0 Å². The third kappa shape index (κ3) is 2.09. The number of aromatic nitrogens is 1. The lowest BCUT2D eigenvalue weighted by atomic mass is 10.1. The molecule has 0 fully saturated rings. The summed E-state index contributed by atoms with van der Waals surface area (Å²) in [6.45, 7) is 1.92. The Balaban J connectivity index is 2.42. The van der Waals surface area contributed by atoms with Crippen molar-refractivity contribution in [3.05, 3.63) is 65.9 Å². The van der Waals surface area contributed by atoms with E-state index in [4.69, 9.17) is 5.11 Å². The van der Waals surface area contributed by atoms with Crippen LogP contribution in [0.5, 0.6) is 0 Å². The predicted molar refractivity (Wildman–Crippen MR) is 84.6 cm³/mol. The van der Waals surface area contributed by atoms with Gasteiger partial charge in [-0.15, -0.1) is 0 Å². The fraction of sp³-hybridized carbons (Fsp3) is 0.111. The molecule has 0 bridgehead atoms. The summed E-state index contributed by atoms with van der Waals surface area (Å²) in [5, 5.41) is 9.81. The van der Waals surface area contributed by atoms with Gasteiger partial charge in [0.1, 0.15) is 0 Å². The Morgan fingerprint density at radius 3 is 2.27 bits per heavy atom. The second-order valence-electron chi connectivity index (χ2n) is 5.00. The molecule has 3 rings (SSSR count). The number of para-hydroxylation sites is 2. The molecule has 0 saturated heterocycles. The topological polar surface area (TPSA) is 59.3 Å². The number of nitrogens with zero attached hydrogens (tertiary/aromatic N) is 1. The third-order valence-corrected chi connectivity index (χ3v) is 3.74. The fourth-order valence-corrected chi connectivity index (χ4v) is 2.86. The van der Waals surface area contributed by atoms with Crippen LogP contribution in [0.15, 0.2) is 54.6 Å². The molecular formula is C18H15NO3. The average Bonchev–Trinajstić information content (AvgIpc) is 2.88. The molecule has 0 unspecified atom stereocenters. The van der Waals surface area contributed by atoms with Crippen LogP contribution < -0.4 is 0 Å². The first-order valence-electron chi connectivity index (χ1n) is 7.10. The van der Waals surface area contributed by atoms with Crippen molar-refractivity contribution in [2.75, 3.05) is 0 Å². The highest BCUT2D eigenvalue weighted by molar-refractivity contribution is 6.42. The number of hydrogen-bond acceptors (Lipinski definition) is 2. The number of aliphatic carboxylic acids is 1. The number of ketones is 1. The molecule has 4 nitrogen and oxygen atoms in total. The molecule has 3 aromatic rings. The lowest BCUT2D eigenvalue weighted by Crippen LogP contribution is -2.15. The Morgan fingerprint density at radius 1 is 1.00 bits per heavy atom. The zero-order valence-corrected chi connectivity index (χ0v) is 12.1. The van der Waals surface area contributed by atoms with E-state index in [0.29, 0.717) is 11.8 Å². The van der Waals surface area contributed by atoms with Gasteiger partial charge in [0.05, 0.1) is 11.1 Å². The highest BCUT2D eigenvalue weighted by Gasteiger charge is 2.26. The van der Waals surface area contributed by atoms with Crippen molar-refractivity contribution >= 4 is 22.7 Å². The number of rotatable bonds is 4. The van der Waals surface area contributed by atoms with Gasteiger partial charge in [0.25, 0.3) is 5.78 Å². The van der Waals surface area contributed by atoms with E-state index in [0.717, 1.165) is 16.9 Å². The van der Waals surface area contributed by atoms with Crippen molar-refractivity contribution in [2.45, 2.75) is 13.3 Å². The van der Waals surface area contributed by atoms with Gasteiger partial charge in [0.2, 0.25) is 0 Å². The van der Waals surface area contributed by atoms with Crippen LogP contribution in [-0.4, -0.2) is 21.4 Å². The molecule has 2 aromatic carbocycles. The zero-order valence-electron chi connectivity index (χ0n) is 12.1. The van der Waals surface area contributed by atoms with Gasteiger partial charge in [-0.1, -0.05) is 43.3 Å². The van der Waals surface area contributed by atoms with E-state index in [2.05, 4.69) is 0 Å². The van der Waals surface area contributed by atoms with Crippen molar-refractivity contribution in [1.82, 2.24) is 4.57 Å². The number of carboxylic acid groups (broad SMARTS) is 1. The third-order valence-electron chi connectivity index (χ3n) is 3.74. The standard InChI is InChI=1S/C18H15NO3/c1-2-14-16(17(20)18(21)22)13-10-6-7-11-15(13)19(14)12-8-4-3-5-9-12/h3-11H,2H2,1H3,(H,21,22). The molecule has 0 aliphatic heterocycles. The molecule has 0 radical (unpaired) electrons. The Kier molecular flexibility index (Phi) is 3.51. The van der Waals surface area contributed by atoms with E-state index in [1.807, 2.05) is 60.0 Å². The Hall–Kier alpha value is -2.88. The molecule has 0 aliphatic rings. The summed E-state index contributed by atoms with van der Waals surface area (Å²) in [6.07, 6.45) is 0.567. The van der Waals surface area contributed by atoms with E-state index in [1.54, 1.807) is 6.07 Å². The van der Waals surface area contributed by atoms with Crippen molar-refractivity contribution in [3.63, 3.8) is 0 Å². The van der Waals surface area contributed by atoms with E-state index in [-0.39, 0.29) is 5.56 Å². The summed E-state index contributed by atoms with van der Waals surface area (Å²) < 4.78 is 1.96. The minimum Gasteiger partial charge on any atom is -0.475 e. The molecule has 0 aliphatic carbocycles. The number of carbonyl (C=O) groups excluding carboxylic acids is 1. The van der Waals surface area contributed by atoms with Crippen molar-refractivity contribution in [2.24, 2.45) is 0 Å². The van der Waals surface area contributed by atoms with Crippen LogP contribution in [0.3, 0.4) is 0 Å². The fourth-order valence-electron chi connectivity index (χ4n) is 2.86. The maximum Gasteiger partial charge on any atom is 0.377 e. The van der Waals surface area contributed by atoms with Crippen molar-refractivity contribution in [3.8, 4) is 5.69 Å². The molecule has 1 N–H and O–H groups in total. The maximum atomic E-state index is 12.2. The molecule has 0 atom stereocenters. The van der Waals surface area contributed by atoms with Crippen LogP contribution in [0.2, 0.25) is 0 Å². The van der Waals surface area contributed by atoms with Gasteiger partial charge in [0, 0.05) is 16.8 Å². The second kappa shape index (κ2) is 5.48. The lowest BCUT2D eigenvalue weighted by molar-refractivity contribution is -0.131. The van der Waals surface area contributed by atoms with Crippen LogP contribution in [-0.2, 0) is 11.2 Å². The van der Waals surface area contributed by atoms with Gasteiger partial charge in [0.15, 0.2) is 0 Å². The lowest BCUT2D eigenvalue weighted by Gasteiger charge is -2.10. The van der Waals surface area contributed by atoms with Gasteiger partial charge < -0.3 is 9.67 Å². The van der Waals surface area contributed by atoms with Gasteiger partial charge in [-0.2, -0.15) is 0 Å². The first kappa shape index (κ1) is 14.1. The van der Waals surface area contributed by atoms with Crippen molar-refractivity contribution < 1.29 is 14.7 Å². The van der Waals surface area contributed by atoms with E-state index in [9.17, 15) is 9.59 Å². The summed E-state index contributed by atoms with van der Waals surface area (Å²) >= 11 is 0. The van der Waals surface area contributed by atoms with Crippen LogP contribution in [0.4, 0.5) is 0 Å². The summed E-state index contributed by atoms with van der Waals surface area (Å²) in [6, 6.07) is 17.0. The summed E-state index contributed by atoms with van der Waals surface area (Å²) in [5.74, 6) is -2.28. The highest BCUT2D eigenvalue weighted by atomic mass is 16.4. The van der Waals surface area contributed by atoms with Gasteiger partial charge >= 0.3 is 5.97 Å². The van der Waals surface area contributed by atoms with Crippen molar-refractivity contribution in [1.29, 1.82) is 0 Å². The minimum atomic E-state index is -1.43. The van der Waals surface area contributed by atoms with Crippen LogP contribution >= 0.6 is 0 Å². The number of Topliss-reactive ketones (excluding diaryl/α,β-unsaturated/α-hetero) is 1. The smallest absolute Gasteiger partial charge is 0.377 e. The molecule has 1 heterocycles. The Bertz CT molecular complexity index is 863. The second-order valence-corrected chi connectivity index (χ2v) is 5.00. The Labute approximate surface area is 127 Å². The predicted octanol–water partition coefficient (Wildman–Crippen LogP) is 3.46. The number of fused-ring (bicyclic) bond motifs is 1. The molecule has 0 saturated carbocycles. The van der Waals surface area contributed by atoms with Gasteiger partial charge in [-0.25, -0.2) is 4.79 Å². The van der Waals surface area contributed by atoms with Crippen LogP contribution in [0, 0.1) is 0 Å². The van der Waals surface area contributed by atoms with E-state index < -0.39 is 11.8 Å². The first-order chi connectivity index (χ1) is 10.6. The largest absolute Gasteiger partial charge is 0.475 e. The number of benzene rings is 2. The Morgan fingerprint density at radius 2 is 1.64 bits per heavy atom. The quantitative estimate of drug-likeness (QED) is 0.592. The molecule has 110 valence electrons. The maximum absolute atomic E-state index is 12.2. The van der Waals surface area contributed by atoms with Crippen LogP contribution in [0.1, 0.15) is 23.0 Å². The molecule has 0 spiro atoms.